The second-order valence-electron chi connectivity index (χ2n) is 1.39. The van der Waals surface area contributed by atoms with Gasteiger partial charge in [0.1, 0.15) is 0 Å². The number of carbonyl (C=O) groups is 4. The summed E-state index contributed by atoms with van der Waals surface area (Å²) in [6.07, 6.45) is 0. The molecule has 0 aromatic rings. The Balaban J connectivity index is 4.39. The topological polar surface area (TPSA) is 120 Å². The van der Waals surface area contributed by atoms with Crippen molar-refractivity contribution in [2.75, 3.05) is 0 Å². The fourth-order valence-electron chi connectivity index (χ4n) is 0.224. The third-order valence-corrected chi connectivity index (χ3v) is 0.654. The maximum Gasteiger partial charge on any atom is 0.295 e. The maximum atomic E-state index is 10.2. The number of ketones is 2. The molecule has 0 saturated carbocycles. The number of primary amides is 2. The van der Waals surface area contributed by atoms with Crippen LogP contribution in [0.5, 0.6) is 0 Å². The average Bonchev–Trinajstić information content (AvgIpc) is 1.84. The molecule has 0 atom stereocenters. The number of nitrogens with two attached hydrogens (primary N) is 2. The Morgan fingerprint density at radius 3 is 1.00 bits per heavy atom. The molecule has 0 saturated heterocycles. The zero-order valence-electron chi connectivity index (χ0n) is 4.79. The zero-order chi connectivity index (χ0) is 8.31. The Labute approximate surface area is 55.2 Å². The fourth-order valence-corrected chi connectivity index (χ4v) is 0.224. The summed E-state index contributed by atoms with van der Waals surface area (Å²) in [4.78, 5) is 40.1. The Bertz CT molecular complexity index is 195. The molecule has 4 N–H and O–H groups in total. The minimum Gasteiger partial charge on any atom is -0.363 e. The summed E-state index contributed by atoms with van der Waals surface area (Å²) in [5.74, 6) is -6.15. The predicted octanol–water partition coefficient (Wildman–Crippen LogP) is -2.90. The van der Waals surface area contributed by atoms with Gasteiger partial charge in [-0.1, -0.05) is 0 Å². The highest BCUT2D eigenvalue weighted by Gasteiger charge is 2.24. The van der Waals surface area contributed by atoms with Gasteiger partial charge < -0.3 is 11.5 Å². The zero-order valence-corrected chi connectivity index (χ0v) is 4.79. The molecule has 0 aromatic carbocycles. The molecule has 6 heteroatoms. The van der Waals surface area contributed by atoms with E-state index in [4.69, 9.17) is 0 Å². The minimum absolute atomic E-state index is 1.48. The second kappa shape index (κ2) is 2.72. The van der Waals surface area contributed by atoms with E-state index in [2.05, 4.69) is 11.5 Å². The number of rotatable bonds is 3. The molecule has 0 aliphatic rings. The van der Waals surface area contributed by atoms with Gasteiger partial charge in [-0.3, -0.25) is 19.2 Å². The van der Waals surface area contributed by atoms with Crippen molar-refractivity contribution in [3.63, 3.8) is 0 Å². The van der Waals surface area contributed by atoms with E-state index in [1.54, 1.807) is 0 Å². The van der Waals surface area contributed by atoms with E-state index in [1.165, 1.54) is 0 Å². The standard InChI is InChI=1S/C4H4N2O4/c5-3(9)1(7)2(8)4(6)10/h(H2,5,9)(H2,6,10). The van der Waals surface area contributed by atoms with Crippen molar-refractivity contribution in [3.05, 3.63) is 0 Å². The van der Waals surface area contributed by atoms with Crippen molar-refractivity contribution in [2.45, 2.75) is 0 Å². The molecular weight excluding hydrogens is 140 g/mol. The van der Waals surface area contributed by atoms with E-state index in [1.807, 2.05) is 0 Å². The summed E-state index contributed by atoms with van der Waals surface area (Å²) in [5, 5.41) is 0. The molecule has 0 aliphatic carbocycles. The molecule has 0 spiro atoms. The third kappa shape index (κ3) is 1.66. The number of hydrogen-bond donors (Lipinski definition) is 2. The van der Waals surface area contributed by atoms with Crippen LogP contribution in [0.15, 0.2) is 0 Å². The second-order valence-corrected chi connectivity index (χ2v) is 1.39. The van der Waals surface area contributed by atoms with Crippen LogP contribution in [0.25, 0.3) is 0 Å². The third-order valence-electron chi connectivity index (χ3n) is 0.654. The molecule has 10 heavy (non-hydrogen) atoms. The van der Waals surface area contributed by atoms with Crippen molar-refractivity contribution in [1.82, 2.24) is 0 Å². The lowest BCUT2D eigenvalue weighted by Gasteiger charge is -1.87. The van der Waals surface area contributed by atoms with E-state index in [0.29, 0.717) is 0 Å². The van der Waals surface area contributed by atoms with E-state index in [9.17, 15) is 19.2 Å². The minimum atomic E-state index is -1.59. The van der Waals surface area contributed by atoms with E-state index in [0.717, 1.165) is 0 Å². The van der Waals surface area contributed by atoms with Gasteiger partial charge in [-0.25, -0.2) is 0 Å². The van der Waals surface area contributed by atoms with E-state index in [-0.39, 0.29) is 0 Å². The Kier molecular flexibility index (Phi) is 2.25. The summed E-state index contributed by atoms with van der Waals surface area (Å²) in [6, 6.07) is 0. The molecule has 0 radical (unpaired) electrons. The monoisotopic (exact) mass is 144 g/mol. The highest BCUT2D eigenvalue weighted by molar-refractivity contribution is 6.77. The van der Waals surface area contributed by atoms with Gasteiger partial charge in [-0.15, -0.1) is 0 Å². The highest BCUT2D eigenvalue weighted by Crippen LogP contribution is 1.72. The van der Waals surface area contributed by atoms with Gasteiger partial charge in [-0.05, 0) is 0 Å². The molecule has 0 rings (SSSR count). The first-order chi connectivity index (χ1) is 4.46. The fraction of sp³-hybridized carbons (Fsp3) is 0. The normalized spacial score (nSPS) is 8.40. The highest BCUT2D eigenvalue weighted by atomic mass is 16.2. The molecule has 0 aromatic heterocycles. The number of Topliss-reactive ketones (excluding diaryl/α,β-unsaturated/α-hetero) is 2. The largest absolute Gasteiger partial charge is 0.363 e. The SMILES string of the molecule is NC(=O)C(=O)C(=O)C(N)=O. The summed E-state index contributed by atoms with van der Waals surface area (Å²) in [7, 11) is 0. The Hall–Kier alpha value is -1.72. The van der Waals surface area contributed by atoms with Gasteiger partial charge in [0.05, 0.1) is 0 Å². The van der Waals surface area contributed by atoms with Gasteiger partial charge >= 0.3 is 0 Å². The first-order valence-electron chi connectivity index (χ1n) is 2.14. The van der Waals surface area contributed by atoms with Crippen LogP contribution in [0.2, 0.25) is 0 Å². The molecule has 2 amide bonds. The van der Waals surface area contributed by atoms with Crippen molar-refractivity contribution >= 4 is 23.4 Å². The molecule has 0 heterocycles. The quantitative estimate of drug-likeness (QED) is 0.326. The molecule has 6 nitrogen and oxygen atoms in total. The maximum absolute atomic E-state index is 10.2. The smallest absolute Gasteiger partial charge is 0.295 e. The van der Waals surface area contributed by atoms with Gasteiger partial charge in [0.25, 0.3) is 23.4 Å². The lowest BCUT2D eigenvalue weighted by Crippen LogP contribution is -2.38. The van der Waals surface area contributed by atoms with E-state index < -0.39 is 23.4 Å². The van der Waals surface area contributed by atoms with Crippen LogP contribution in [-0.4, -0.2) is 23.4 Å². The van der Waals surface area contributed by atoms with Gasteiger partial charge in [0.2, 0.25) is 0 Å². The summed E-state index contributed by atoms with van der Waals surface area (Å²) < 4.78 is 0. The molecular formula is C4H4N2O4. The summed E-state index contributed by atoms with van der Waals surface area (Å²) >= 11 is 0. The van der Waals surface area contributed by atoms with Gasteiger partial charge in [0.15, 0.2) is 0 Å². The van der Waals surface area contributed by atoms with Crippen molar-refractivity contribution < 1.29 is 19.2 Å². The van der Waals surface area contributed by atoms with Crippen LogP contribution < -0.4 is 11.5 Å². The molecule has 0 bridgehead atoms. The molecule has 54 valence electrons. The first-order valence-corrected chi connectivity index (χ1v) is 2.14. The van der Waals surface area contributed by atoms with Crippen LogP contribution in [-0.2, 0) is 19.2 Å². The van der Waals surface area contributed by atoms with Crippen LogP contribution in [0.1, 0.15) is 0 Å². The van der Waals surface area contributed by atoms with Crippen LogP contribution >= 0.6 is 0 Å². The Morgan fingerprint density at radius 1 is 0.700 bits per heavy atom. The predicted molar refractivity (Wildman–Crippen MR) is 28.4 cm³/mol. The van der Waals surface area contributed by atoms with Crippen LogP contribution in [0, 0.1) is 0 Å². The average molecular weight is 144 g/mol. The van der Waals surface area contributed by atoms with E-state index >= 15 is 0 Å². The number of carbonyl (C=O) groups excluding carboxylic acids is 4. The van der Waals surface area contributed by atoms with Crippen LogP contribution in [0.3, 0.4) is 0 Å². The molecule has 0 aliphatic heterocycles. The van der Waals surface area contributed by atoms with Crippen LogP contribution in [0.4, 0.5) is 0 Å². The van der Waals surface area contributed by atoms with Gasteiger partial charge in [-0.2, -0.15) is 0 Å². The van der Waals surface area contributed by atoms with Gasteiger partial charge in [0, 0.05) is 0 Å². The van der Waals surface area contributed by atoms with Crippen molar-refractivity contribution in [3.8, 4) is 0 Å². The number of hydrogen-bond acceptors (Lipinski definition) is 4. The lowest BCUT2D eigenvalue weighted by atomic mass is 10.2. The lowest BCUT2D eigenvalue weighted by molar-refractivity contribution is -0.147. The number of amides is 2. The molecule has 0 unspecified atom stereocenters. The van der Waals surface area contributed by atoms with Crippen molar-refractivity contribution in [1.29, 1.82) is 0 Å². The molecule has 0 fully saturated rings. The Morgan fingerprint density at radius 2 is 0.900 bits per heavy atom. The first kappa shape index (κ1) is 8.28. The summed E-state index contributed by atoms with van der Waals surface area (Å²) in [5.41, 5.74) is 8.72. The van der Waals surface area contributed by atoms with Crippen molar-refractivity contribution in [2.24, 2.45) is 11.5 Å². The summed E-state index contributed by atoms with van der Waals surface area (Å²) in [6.45, 7) is 0.